The van der Waals surface area contributed by atoms with Gasteiger partial charge in [0.05, 0.1) is 5.52 Å². The maximum atomic E-state index is 13.8. The van der Waals surface area contributed by atoms with Crippen molar-refractivity contribution in [3.8, 4) is 0 Å². The summed E-state index contributed by atoms with van der Waals surface area (Å²) >= 11 is 0. The second kappa shape index (κ2) is 8.32. The van der Waals surface area contributed by atoms with Gasteiger partial charge in [0.15, 0.2) is 0 Å². The van der Waals surface area contributed by atoms with Gasteiger partial charge >= 0.3 is 0 Å². The zero-order valence-electron chi connectivity index (χ0n) is 17.0. The highest BCUT2D eigenvalue weighted by molar-refractivity contribution is 5.94. The number of anilines is 1. The first-order chi connectivity index (χ1) is 14.0. The third-order valence-corrected chi connectivity index (χ3v) is 6.52. The van der Waals surface area contributed by atoms with Crippen LogP contribution in [0.15, 0.2) is 60.8 Å². The number of nitrogens with zero attached hydrogens (tertiary/aromatic N) is 2. The molecule has 1 aromatic heterocycles. The number of amides is 1. The Labute approximate surface area is 171 Å². The van der Waals surface area contributed by atoms with E-state index in [-0.39, 0.29) is 17.6 Å². The number of hydrogen-bond donors (Lipinski definition) is 0. The lowest BCUT2D eigenvalue weighted by molar-refractivity contribution is -0.123. The second-order valence-corrected chi connectivity index (χ2v) is 8.19. The van der Waals surface area contributed by atoms with Gasteiger partial charge in [-0.1, -0.05) is 25.1 Å². The van der Waals surface area contributed by atoms with Crippen molar-refractivity contribution in [2.45, 2.75) is 38.5 Å². The summed E-state index contributed by atoms with van der Waals surface area (Å²) in [5.74, 6) is 0.731. The standard InChI is InChI=1S/C25H27FN2O/c1-17(25(29)28(2)21-6-4-3-5-7-21)18-8-10-19(11-9-18)22-14-15-27-24-13-12-20(26)16-23(22)24/h3-7,12-19H,8-11H2,1-2H3/t17-,18-,19+/m1/s1. The van der Waals surface area contributed by atoms with Gasteiger partial charge in [-0.3, -0.25) is 9.78 Å². The van der Waals surface area contributed by atoms with E-state index in [0.29, 0.717) is 11.8 Å². The summed E-state index contributed by atoms with van der Waals surface area (Å²) in [6, 6.07) is 16.7. The van der Waals surface area contributed by atoms with Crippen LogP contribution in [0.2, 0.25) is 0 Å². The normalized spacial score (nSPS) is 20.4. The number of aromatic nitrogens is 1. The van der Waals surface area contributed by atoms with Crippen LogP contribution in [0.25, 0.3) is 10.9 Å². The van der Waals surface area contributed by atoms with Gasteiger partial charge in [-0.15, -0.1) is 0 Å². The molecule has 29 heavy (non-hydrogen) atoms. The van der Waals surface area contributed by atoms with Gasteiger partial charge in [0.2, 0.25) is 5.91 Å². The van der Waals surface area contributed by atoms with Crippen molar-refractivity contribution in [3.63, 3.8) is 0 Å². The van der Waals surface area contributed by atoms with Crippen LogP contribution in [0.1, 0.15) is 44.1 Å². The van der Waals surface area contributed by atoms with E-state index in [2.05, 4.69) is 11.9 Å². The highest BCUT2D eigenvalue weighted by Gasteiger charge is 2.31. The molecule has 150 valence electrons. The van der Waals surface area contributed by atoms with Crippen LogP contribution in [-0.4, -0.2) is 17.9 Å². The molecule has 3 aromatic rings. The Balaban J connectivity index is 1.44. The molecular formula is C25H27FN2O. The van der Waals surface area contributed by atoms with Crippen molar-refractivity contribution in [1.29, 1.82) is 0 Å². The van der Waals surface area contributed by atoms with Gasteiger partial charge in [0, 0.05) is 30.2 Å². The van der Waals surface area contributed by atoms with Gasteiger partial charge in [0.25, 0.3) is 0 Å². The summed E-state index contributed by atoms with van der Waals surface area (Å²) in [6.45, 7) is 2.06. The molecule has 1 aliphatic carbocycles. The van der Waals surface area contributed by atoms with Crippen LogP contribution < -0.4 is 4.90 Å². The van der Waals surface area contributed by atoms with Crippen LogP contribution in [0.5, 0.6) is 0 Å². The summed E-state index contributed by atoms with van der Waals surface area (Å²) in [7, 11) is 1.86. The topological polar surface area (TPSA) is 33.2 Å². The summed E-state index contributed by atoms with van der Waals surface area (Å²) < 4.78 is 13.8. The number of carbonyl (C=O) groups is 1. The molecule has 0 N–H and O–H groups in total. The maximum absolute atomic E-state index is 13.8. The van der Waals surface area contributed by atoms with Crippen molar-refractivity contribution in [2.75, 3.05) is 11.9 Å². The van der Waals surface area contributed by atoms with E-state index in [9.17, 15) is 9.18 Å². The molecule has 1 aliphatic rings. The number of fused-ring (bicyclic) bond motifs is 1. The average molecular weight is 391 g/mol. The fourth-order valence-corrected chi connectivity index (χ4v) is 4.71. The SMILES string of the molecule is C[C@@H](C(=O)N(C)c1ccccc1)[C@H]1CC[C@@H](c2ccnc3ccc(F)cc32)CC1. The van der Waals surface area contributed by atoms with Crippen LogP contribution in [0, 0.1) is 17.7 Å². The molecule has 0 aliphatic heterocycles. The van der Waals surface area contributed by atoms with Gasteiger partial charge < -0.3 is 4.90 Å². The first-order valence-corrected chi connectivity index (χ1v) is 10.4. The van der Waals surface area contributed by atoms with Gasteiger partial charge in [-0.2, -0.15) is 0 Å². The fraction of sp³-hybridized carbons (Fsp3) is 0.360. The van der Waals surface area contributed by atoms with Crippen molar-refractivity contribution < 1.29 is 9.18 Å². The molecule has 1 heterocycles. The monoisotopic (exact) mass is 390 g/mol. The lowest BCUT2D eigenvalue weighted by atomic mass is 9.73. The Hall–Kier alpha value is -2.75. The van der Waals surface area contributed by atoms with Crippen LogP contribution in [0.4, 0.5) is 10.1 Å². The lowest BCUT2D eigenvalue weighted by Crippen LogP contribution is -2.36. The van der Waals surface area contributed by atoms with Gasteiger partial charge in [0.1, 0.15) is 5.82 Å². The third-order valence-electron chi connectivity index (χ3n) is 6.52. The van der Waals surface area contributed by atoms with Gasteiger partial charge in [-0.25, -0.2) is 4.39 Å². The fourth-order valence-electron chi connectivity index (χ4n) is 4.71. The van der Waals surface area contributed by atoms with E-state index in [4.69, 9.17) is 0 Å². The summed E-state index contributed by atoms with van der Waals surface area (Å²) in [5.41, 5.74) is 2.97. The quantitative estimate of drug-likeness (QED) is 0.552. The number of pyridine rings is 1. The zero-order chi connectivity index (χ0) is 20.4. The van der Waals surface area contributed by atoms with E-state index in [1.807, 2.05) is 49.6 Å². The molecule has 2 aromatic carbocycles. The average Bonchev–Trinajstić information content (AvgIpc) is 2.78. The van der Waals surface area contributed by atoms with Crippen LogP contribution in [0.3, 0.4) is 0 Å². The number of halogens is 1. The molecule has 3 nitrogen and oxygen atoms in total. The second-order valence-electron chi connectivity index (χ2n) is 8.19. The Morgan fingerprint density at radius 2 is 1.79 bits per heavy atom. The van der Waals surface area contributed by atoms with E-state index in [1.54, 1.807) is 17.0 Å². The number of hydrogen-bond acceptors (Lipinski definition) is 2. The van der Waals surface area contributed by atoms with Crippen LogP contribution in [-0.2, 0) is 4.79 Å². The molecule has 0 saturated heterocycles. The van der Waals surface area contributed by atoms with Gasteiger partial charge in [-0.05, 0) is 79.5 Å². The molecule has 0 spiro atoms. The predicted molar refractivity (Wildman–Crippen MR) is 115 cm³/mol. The predicted octanol–water partition coefficient (Wildman–Crippen LogP) is 5.95. The van der Waals surface area contributed by atoms with E-state index in [0.717, 1.165) is 42.3 Å². The maximum Gasteiger partial charge on any atom is 0.229 e. The first-order valence-electron chi connectivity index (χ1n) is 10.4. The van der Waals surface area contributed by atoms with Crippen molar-refractivity contribution >= 4 is 22.5 Å². The largest absolute Gasteiger partial charge is 0.315 e. The summed E-state index contributed by atoms with van der Waals surface area (Å²) in [4.78, 5) is 19.1. The highest BCUT2D eigenvalue weighted by atomic mass is 19.1. The lowest BCUT2D eigenvalue weighted by Gasteiger charge is -2.34. The molecule has 0 unspecified atom stereocenters. The third kappa shape index (κ3) is 4.02. The van der Waals surface area contributed by atoms with Crippen molar-refractivity contribution in [3.05, 3.63) is 72.2 Å². The van der Waals surface area contributed by atoms with Crippen molar-refractivity contribution in [2.24, 2.45) is 11.8 Å². The number of carbonyl (C=O) groups excluding carboxylic acids is 1. The molecule has 0 bridgehead atoms. The minimum Gasteiger partial charge on any atom is -0.315 e. The summed E-state index contributed by atoms with van der Waals surface area (Å²) in [5, 5.41) is 0.920. The number of benzene rings is 2. The molecule has 1 atom stereocenters. The number of rotatable bonds is 4. The molecule has 1 amide bonds. The first kappa shape index (κ1) is 19.6. The Bertz CT molecular complexity index is 996. The van der Waals surface area contributed by atoms with E-state index in [1.165, 1.54) is 11.6 Å². The van der Waals surface area contributed by atoms with E-state index >= 15 is 0 Å². The Kier molecular flexibility index (Phi) is 5.61. The molecule has 1 saturated carbocycles. The molecule has 4 rings (SSSR count). The highest BCUT2D eigenvalue weighted by Crippen LogP contribution is 2.41. The number of para-hydroxylation sites is 1. The smallest absolute Gasteiger partial charge is 0.229 e. The minimum absolute atomic E-state index is 0.00668. The Morgan fingerprint density at radius 3 is 2.52 bits per heavy atom. The molecular weight excluding hydrogens is 363 g/mol. The molecule has 4 heteroatoms. The Morgan fingerprint density at radius 1 is 1.07 bits per heavy atom. The van der Waals surface area contributed by atoms with Crippen LogP contribution >= 0.6 is 0 Å². The summed E-state index contributed by atoms with van der Waals surface area (Å²) in [6.07, 6.45) is 5.89. The van der Waals surface area contributed by atoms with E-state index < -0.39 is 0 Å². The molecule has 0 radical (unpaired) electrons. The zero-order valence-corrected chi connectivity index (χ0v) is 17.0. The minimum atomic E-state index is -0.219. The van der Waals surface area contributed by atoms with Crippen molar-refractivity contribution in [1.82, 2.24) is 4.98 Å². The molecule has 1 fully saturated rings.